The van der Waals surface area contributed by atoms with Crippen LogP contribution in [-0.4, -0.2) is 10.9 Å². The van der Waals surface area contributed by atoms with Crippen molar-refractivity contribution in [3.8, 4) is 5.75 Å². The molecule has 2 rings (SSSR count). The molecule has 0 fully saturated rings. The molecule has 3 N–H and O–H groups in total. The van der Waals surface area contributed by atoms with Gasteiger partial charge in [-0.3, -0.25) is 10.2 Å². The summed E-state index contributed by atoms with van der Waals surface area (Å²) in [5.74, 6) is 5.59. The summed E-state index contributed by atoms with van der Waals surface area (Å²) >= 11 is 1.27. The first-order valence-electron chi connectivity index (χ1n) is 5.76. The quantitative estimate of drug-likeness (QED) is 0.508. The number of amides is 1. The maximum Gasteiger partial charge on any atom is 0.276 e. The van der Waals surface area contributed by atoms with Crippen LogP contribution >= 0.6 is 11.3 Å². The summed E-state index contributed by atoms with van der Waals surface area (Å²) in [6.45, 7) is 4.34. The number of hydrogen-bond donors (Lipinski definition) is 2. The van der Waals surface area contributed by atoms with E-state index in [1.807, 2.05) is 32.0 Å². The molecule has 1 aromatic carbocycles. The third kappa shape index (κ3) is 3.10. The summed E-state index contributed by atoms with van der Waals surface area (Å²) < 4.78 is 5.77. The van der Waals surface area contributed by atoms with Gasteiger partial charge in [-0.05, 0) is 25.0 Å². The van der Waals surface area contributed by atoms with Crippen LogP contribution in [0.4, 0.5) is 0 Å². The number of hydrogen-bond acceptors (Lipinski definition) is 5. The number of nitrogen functional groups attached to an aromatic ring is 1. The number of hydrazine groups is 1. The van der Waals surface area contributed by atoms with Gasteiger partial charge >= 0.3 is 0 Å². The molecule has 1 amide bonds. The molecule has 2 aromatic rings. The van der Waals surface area contributed by atoms with Gasteiger partial charge in [-0.25, -0.2) is 10.8 Å². The molecule has 0 atom stereocenters. The Kier molecular flexibility index (Phi) is 4.13. The molecule has 0 saturated heterocycles. The number of carbonyl (C=O) groups is 1. The predicted molar refractivity (Wildman–Crippen MR) is 74.0 cm³/mol. The Balaban J connectivity index is 2.07. The molecule has 5 nitrogen and oxygen atoms in total. The van der Waals surface area contributed by atoms with E-state index < -0.39 is 0 Å². The first-order chi connectivity index (χ1) is 9.11. The Bertz CT molecular complexity index is 575. The van der Waals surface area contributed by atoms with Crippen molar-refractivity contribution in [1.29, 1.82) is 0 Å². The fraction of sp³-hybridized carbons (Fsp3) is 0.231. The highest BCUT2D eigenvalue weighted by Gasteiger charge is 2.10. The van der Waals surface area contributed by atoms with E-state index in [0.717, 1.165) is 21.9 Å². The third-order valence-corrected chi connectivity index (χ3v) is 3.63. The summed E-state index contributed by atoms with van der Waals surface area (Å²) in [7, 11) is 0. The number of para-hydroxylation sites is 1. The third-order valence-electron chi connectivity index (χ3n) is 2.66. The van der Waals surface area contributed by atoms with Crippen molar-refractivity contribution >= 4 is 17.2 Å². The van der Waals surface area contributed by atoms with Gasteiger partial charge in [-0.1, -0.05) is 18.2 Å². The zero-order valence-corrected chi connectivity index (χ0v) is 11.6. The number of nitrogens with two attached hydrogens (primary N) is 1. The largest absolute Gasteiger partial charge is 0.486 e. The van der Waals surface area contributed by atoms with Gasteiger partial charge in [0.2, 0.25) is 0 Å². The highest BCUT2D eigenvalue weighted by atomic mass is 32.1. The number of rotatable bonds is 4. The molecule has 1 aromatic heterocycles. The fourth-order valence-electron chi connectivity index (χ4n) is 1.71. The van der Waals surface area contributed by atoms with Gasteiger partial charge in [0.1, 0.15) is 22.2 Å². The van der Waals surface area contributed by atoms with Crippen molar-refractivity contribution in [2.45, 2.75) is 20.5 Å². The van der Waals surface area contributed by atoms with E-state index in [2.05, 4.69) is 10.4 Å². The van der Waals surface area contributed by atoms with Crippen molar-refractivity contribution in [3.63, 3.8) is 0 Å². The second kappa shape index (κ2) is 5.81. The van der Waals surface area contributed by atoms with Crippen LogP contribution in [0, 0.1) is 13.8 Å². The normalized spacial score (nSPS) is 10.3. The van der Waals surface area contributed by atoms with Gasteiger partial charge in [0.05, 0.1) is 6.20 Å². The lowest BCUT2D eigenvalue weighted by Gasteiger charge is -2.10. The summed E-state index contributed by atoms with van der Waals surface area (Å²) in [5.41, 5.74) is 4.24. The summed E-state index contributed by atoms with van der Waals surface area (Å²) in [5, 5.41) is 0.737. The van der Waals surface area contributed by atoms with E-state index in [9.17, 15) is 4.79 Å². The van der Waals surface area contributed by atoms with Crippen molar-refractivity contribution in [2.24, 2.45) is 5.84 Å². The number of thiazole rings is 1. The second-order valence-corrected chi connectivity index (χ2v) is 5.22. The summed E-state index contributed by atoms with van der Waals surface area (Å²) in [6.07, 6.45) is 1.50. The maximum atomic E-state index is 11.3. The van der Waals surface area contributed by atoms with Gasteiger partial charge in [0, 0.05) is 0 Å². The standard InChI is InChI=1S/C13H15N3O2S/c1-8-4-3-5-9(2)12(8)18-7-11-15-6-10(19-11)13(17)16-14/h3-6H,7,14H2,1-2H3,(H,16,17). The molecular weight excluding hydrogens is 262 g/mol. The minimum absolute atomic E-state index is 0.337. The lowest BCUT2D eigenvalue weighted by Crippen LogP contribution is -2.29. The molecule has 0 aliphatic heterocycles. The van der Waals surface area contributed by atoms with Gasteiger partial charge in [0.15, 0.2) is 0 Å². The molecule has 0 radical (unpaired) electrons. The van der Waals surface area contributed by atoms with E-state index in [1.165, 1.54) is 17.5 Å². The summed E-state index contributed by atoms with van der Waals surface area (Å²) in [6, 6.07) is 5.99. The van der Waals surface area contributed by atoms with Crippen LogP contribution in [0.2, 0.25) is 0 Å². The highest BCUT2D eigenvalue weighted by Crippen LogP contribution is 2.24. The number of benzene rings is 1. The lowest BCUT2D eigenvalue weighted by atomic mass is 10.1. The van der Waals surface area contributed by atoms with E-state index in [1.54, 1.807) is 0 Å². The van der Waals surface area contributed by atoms with Gasteiger partial charge in [-0.15, -0.1) is 11.3 Å². The minimum Gasteiger partial charge on any atom is -0.486 e. The van der Waals surface area contributed by atoms with Gasteiger partial charge in [-0.2, -0.15) is 0 Å². The van der Waals surface area contributed by atoms with Crippen LogP contribution in [0.25, 0.3) is 0 Å². The molecule has 1 heterocycles. The Morgan fingerprint density at radius 2 is 2.11 bits per heavy atom. The molecule has 100 valence electrons. The first-order valence-corrected chi connectivity index (χ1v) is 6.58. The molecule has 0 aliphatic rings. The van der Waals surface area contributed by atoms with E-state index in [0.29, 0.717) is 11.5 Å². The first kappa shape index (κ1) is 13.5. The molecule has 0 unspecified atom stereocenters. The second-order valence-electron chi connectivity index (χ2n) is 4.10. The van der Waals surface area contributed by atoms with E-state index in [-0.39, 0.29) is 5.91 Å². The molecule has 19 heavy (non-hydrogen) atoms. The average Bonchev–Trinajstić information content (AvgIpc) is 2.86. The number of nitrogens with one attached hydrogen (secondary N) is 1. The lowest BCUT2D eigenvalue weighted by molar-refractivity contribution is 0.0957. The van der Waals surface area contributed by atoms with Crippen LogP contribution in [-0.2, 0) is 6.61 Å². The maximum absolute atomic E-state index is 11.3. The van der Waals surface area contributed by atoms with Crippen LogP contribution in [0.1, 0.15) is 25.8 Å². The fourth-order valence-corrected chi connectivity index (χ4v) is 2.45. The molecular formula is C13H15N3O2S. The average molecular weight is 277 g/mol. The minimum atomic E-state index is -0.337. The molecule has 0 saturated carbocycles. The monoisotopic (exact) mass is 277 g/mol. The smallest absolute Gasteiger partial charge is 0.276 e. The Labute approximate surface area is 115 Å². The number of aromatic nitrogens is 1. The summed E-state index contributed by atoms with van der Waals surface area (Å²) in [4.78, 5) is 15.9. The topological polar surface area (TPSA) is 77.2 Å². The Hall–Kier alpha value is -1.92. The molecule has 6 heteroatoms. The number of ether oxygens (including phenoxy) is 1. The highest BCUT2D eigenvalue weighted by molar-refractivity contribution is 7.13. The van der Waals surface area contributed by atoms with Crippen molar-refractivity contribution in [2.75, 3.05) is 0 Å². The zero-order valence-electron chi connectivity index (χ0n) is 10.8. The zero-order chi connectivity index (χ0) is 13.8. The molecule has 0 aliphatic carbocycles. The Morgan fingerprint density at radius 1 is 1.42 bits per heavy atom. The van der Waals surface area contributed by atoms with Gasteiger partial charge in [0.25, 0.3) is 5.91 Å². The molecule has 0 bridgehead atoms. The number of carbonyl (C=O) groups excluding carboxylic acids is 1. The van der Waals surface area contributed by atoms with E-state index in [4.69, 9.17) is 10.6 Å². The van der Waals surface area contributed by atoms with Crippen molar-refractivity contribution < 1.29 is 9.53 Å². The number of nitrogens with zero attached hydrogens (tertiary/aromatic N) is 1. The molecule has 0 spiro atoms. The van der Waals surface area contributed by atoms with E-state index >= 15 is 0 Å². The van der Waals surface area contributed by atoms with Gasteiger partial charge < -0.3 is 4.74 Å². The van der Waals surface area contributed by atoms with Crippen LogP contribution < -0.4 is 16.0 Å². The van der Waals surface area contributed by atoms with Crippen molar-refractivity contribution in [1.82, 2.24) is 10.4 Å². The van der Waals surface area contributed by atoms with Crippen molar-refractivity contribution in [3.05, 3.63) is 45.4 Å². The van der Waals surface area contributed by atoms with Crippen LogP contribution in [0.3, 0.4) is 0 Å². The van der Waals surface area contributed by atoms with Crippen LogP contribution in [0.5, 0.6) is 5.75 Å². The SMILES string of the molecule is Cc1cccc(C)c1OCc1ncc(C(=O)NN)s1. The number of aryl methyl sites for hydroxylation is 2. The van der Waals surface area contributed by atoms with Crippen LogP contribution in [0.15, 0.2) is 24.4 Å². The predicted octanol–water partition coefficient (Wildman–Crippen LogP) is 1.94. The Morgan fingerprint density at radius 3 is 2.74 bits per heavy atom.